The minimum atomic E-state index is -2.97. The predicted octanol–water partition coefficient (Wildman–Crippen LogP) is 3.52. The molecule has 1 amide bonds. The van der Waals surface area contributed by atoms with Crippen molar-refractivity contribution in [3.05, 3.63) is 23.2 Å². The van der Waals surface area contributed by atoms with Crippen molar-refractivity contribution in [3.63, 3.8) is 0 Å². The van der Waals surface area contributed by atoms with Crippen LogP contribution in [0.4, 0.5) is 14.5 Å². The molecule has 116 valence electrons. The highest BCUT2D eigenvalue weighted by Gasteiger charge is 2.10. The maximum atomic E-state index is 12.0. The molecule has 5 nitrogen and oxygen atoms in total. The fraction of sp³-hybridized carbons (Fsp3) is 0.385. The van der Waals surface area contributed by atoms with E-state index in [9.17, 15) is 18.4 Å². The van der Waals surface area contributed by atoms with E-state index in [1.54, 1.807) is 0 Å². The molecule has 0 saturated carbocycles. The number of carbonyl (C=O) groups is 2. The predicted molar refractivity (Wildman–Crippen MR) is 72.8 cm³/mol. The van der Waals surface area contributed by atoms with E-state index < -0.39 is 12.6 Å². The van der Waals surface area contributed by atoms with Crippen molar-refractivity contribution in [1.29, 1.82) is 0 Å². The van der Waals surface area contributed by atoms with E-state index >= 15 is 0 Å². The first-order chi connectivity index (χ1) is 9.88. The van der Waals surface area contributed by atoms with Gasteiger partial charge in [0.1, 0.15) is 5.75 Å². The van der Waals surface area contributed by atoms with Crippen molar-refractivity contribution in [2.75, 3.05) is 5.32 Å². The van der Waals surface area contributed by atoms with Gasteiger partial charge >= 0.3 is 12.6 Å². The molecule has 0 aliphatic rings. The Bertz CT molecular complexity index is 511. The molecule has 0 aliphatic heterocycles. The maximum Gasteiger partial charge on any atom is 0.387 e. The largest absolute Gasteiger partial charge is 0.481 e. The standard InChI is InChI=1S/C13H14ClF2NO4/c14-9-7-8(5-6-10(9)21-13(15)16)17-11(18)3-1-2-4-12(19)20/h5-7,13H,1-4H2,(H,17,18)(H,19,20). The minimum Gasteiger partial charge on any atom is -0.481 e. The molecule has 0 radical (unpaired) electrons. The van der Waals surface area contributed by atoms with Crippen LogP contribution in [0.25, 0.3) is 0 Å². The fourth-order valence-corrected chi connectivity index (χ4v) is 1.78. The van der Waals surface area contributed by atoms with Crippen LogP contribution in [-0.4, -0.2) is 23.6 Å². The summed E-state index contributed by atoms with van der Waals surface area (Å²) in [7, 11) is 0. The maximum absolute atomic E-state index is 12.0. The summed E-state index contributed by atoms with van der Waals surface area (Å²) in [6, 6.07) is 3.92. The lowest BCUT2D eigenvalue weighted by Gasteiger charge is -2.09. The average molecular weight is 322 g/mol. The first-order valence-electron chi connectivity index (χ1n) is 6.14. The molecule has 0 aliphatic carbocycles. The second kappa shape index (κ2) is 8.41. The lowest BCUT2D eigenvalue weighted by atomic mass is 10.2. The van der Waals surface area contributed by atoms with E-state index in [1.807, 2.05) is 0 Å². The summed E-state index contributed by atoms with van der Waals surface area (Å²) < 4.78 is 28.3. The van der Waals surface area contributed by atoms with Gasteiger partial charge in [-0.15, -0.1) is 0 Å². The van der Waals surface area contributed by atoms with Crippen molar-refractivity contribution in [2.45, 2.75) is 32.3 Å². The highest BCUT2D eigenvalue weighted by molar-refractivity contribution is 6.32. The zero-order chi connectivity index (χ0) is 15.8. The number of carbonyl (C=O) groups excluding carboxylic acids is 1. The number of nitrogens with one attached hydrogen (secondary N) is 1. The number of amides is 1. The van der Waals surface area contributed by atoms with Gasteiger partial charge in [-0.1, -0.05) is 11.6 Å². The molecule has 8 heteroatoms. The van der Waals surface area contributed by atoms with Gasteiger partial charge in [0, 0.05) is 18.5 Å². The molecule has 1 aromatic carbocycles. The van der Waals surface area contributed by atoms with Gasteiger partial charge in [-0.2, -0.15) is 8.78 Å². The Morgan fingerprint density at radius 1 is 1.29 bits per heavy atom. The molecule has 0 heterocycles. The number of unbranched alkanes of at least 4 members (excludes halogenated alkanes) is 1. The number of carboxylic acids is 1. The molecule has 0 unspecified atom stereocenters. The highest BCUT2D eigenvalue weighted by Crippen LogP contribution is 2.29. The van der Waals surface area contributed by atoms with Gasteiger partial charge in [0.25, 0.3) is 0 Å². The summed E-state index contributed by atoms with van der Waals surface area (Å²) in [5.41, 5.74) is 0.352. The third-order valence-corrected chi connectivity index (χ3v) is 2.77. The van der Waals surface area contributed by atoms with Gasteiger partial charge in [-0.25, -0.2) is 0 Å². The number of aliphatic carboxylic acids is 1. The molecule has 21 heavy (non-hydrogen) atoms. The van der Waals surface area contributed by atoms with Crippen molar-refractivity contribution in [3.8, 4) is 5.75 Å². The van der Waals surface area contributed by atoms with E-state index in [4.69, 9.17) is 16.7 Å². The lowest BCUT2D eigenvalue weighted by Crippen LogP contribution is -2.11. The SMILES string of the molecule is O=C(O)CCCCC(=O)Nc1ccc(OC(F)F)c(Cl)c1. The number of carboxylic acid groups (broad SMARTS) is 1. The molecule has 0 aromatic heterocycles. The van der Waals surface area contributed by atoms with Gasteiger partial charge in [-0.05, 0) is 31.0 Å². The van der Waals surface area contributed by atoms with E-state index in [0.717, 1.165) is 0 Å². The summed E-state index contributed by atoms with van der Waals surface area (Å²) in [6.07, 6.45) is 1.03. The molecule has 0 fully saturated rings. The number of anilines is 1. The molecule has 0 bridgehead atoms. The fourth-order valence-electron chi connectivity index (χ4n) is 1.56. The van der Waals surface area contributed by atoms with Crippen LogP contribution in [0, 0.1) is 0 Å². The lowest BCUT2D eigenvalue weighted by molar-refractivity contribution is -0.137. The van der Waals surface area contributed by atoms with Gasteiger partial charge in [0.05, 0.1) is 5.02 Å². The van der Waals surface area contributed by atoms with E-state index in [2.05, 4.69) is 10.1 Å². The monoisotopic (exact) mass is 321 g/mol. The smallest absolute Gasteiger partial charge is 0.387 e. The van der Waals surface area contributed by atoms with Crippen LogP contribution in [-0.2, 0) is 9.59 Å². The summed E-state index contributed by atoms with van der Waals surface area (Å²) in [6.45, 7) is -2.97. The number of halogens is 3. The zero-order valence-electron chi connectivity index (χ0n) is 10.9. The number of ether oxygens (including phenoxy) is 1. The second-order valence-corrected chi connectivity index (χ2v) is 4.58. The number of alkyl halides is 2. The zero-order valence-corrected chi connectivity index (χ0v) is 11.7. The van der Waals surface area contributed by atoms with Gasteiger partial charge in [0.15, 0.2) is 0 Å². The quantitative estimate of drug-likeness (QED) is 0.718. The molecule has 0 saturated heterocycles. The van der Waals surface area contributed by atoms with Crippen molar-refractivity contribution in [1.82, 2.24) is 0 Å². The molecule has 2 N–H and O–H groups in total. The van der Waals surface area contributed by atoms with E-state index in [1.165, 1.54) is 18.2 Å². The summed E-state index contributed by atoms with van der Waals surface area (Å²) >= 11 is 5.74. The Balaban J connectivity index is 2.45. The first kappa shape index (κ1) is 17.2. The average Bonchev–Trinajstić information content (AvgIpc) is 2.37. The van der Waals surface area contributed by atoms with Crippen molar-refractivity contribution in [2.24, 2.45) is 0 Å². The van der Waals surface area contributed by atoms with Crippen molar-refractivity contribution < 1.29 is 28.2 Å². The number of rotatable bonds is 8. The molecule has 0 spiro atoms. The van der Waals surface area contributed by atoms with Crippen LogP contribution in [0.15, 0.2) is 18.2 Å². The molecular formula is C13H14ClF2NO4. The van der Waals surface area contributed by atoms with Gasteiger partial charge < -0.3 is 15.2 Å². The van der Waals surface area contributed by atoms with E-state index in [0.29, 0.717) is 18.5 Å². The van der Waals surface area contributed by atoms with Crippen LogP contribution in [0.5, 0.6) is 5.75 Å². The Morgan fingerprint density at radius 3 is 2.52 bits per heavy atom. The van der Waals surface area contributed by atoms with Crippen LogP contribution in [0.3, 0.4) is 0 Å². The highest BCUT2D eigenvalue weighted by atomic mass is 35.5. The van der Waals surface area contributed by atoms with Gasteiger partial charge in [-0.3, -0.25) is 9.59 Å². The van der Waals surface area contributed by atoms with Crippen LogP contribution in [0.2, 0.25) is 5.02 Å². The topological polar surface area (TPSA) is 75.6 Å². The number of hydrogen-bond donors (Lipinski definition) is 2. The van der Waals surface area contributed by atoms with Crippen LogP contribution in [0.1, 0.15) is 25.7 Å². The molecular weight excluding hydrogens is 308 g/mol. The van der Waals surface area contributed by atoms with Gasteiger partial charge in [0.2, 0.25) is 5.91 Å². The molecule has 0 atom stereocenters. The Morgan fingerprint density at radius 2 is 1.95 bits per heavy atom. The third kappa shape index (κ3) is 6.89. The van der Waals surface area contributed by atoms with Crippen LogP contribution < -0.4 is 10.1 Å². The summed E-state index contributed by atoms with van der Waals surface area (Å²) in [5.74, 6) is -1.39. The Kier molecular flexibility index (Phi) is 6.87. The number of hydrogen-bond acceptors (Lipinski definition) is 3. The molecule has 1 rings (SSSR count). The number of benzene rings is 1. The first-order valence-corrected chi connectivity index (χ1v) is 6.52. The van der Waals surface area contributed by atoms with Crippen molar-refractivity contribution >= 4 is 29.2 Å². The Labute approximate surface area is 124 Å². The van der Waals surface area contributed by atoms with E-state index in [-0.39, 0.29) is 29.5 Å². The summed E-state index contributed by atoms with van der Waals surface area (Å²) in [5, 5.41) is 10.9. The minimum absolute atomic E-state index is 0.0127. The Hall–Kier alpha value is -1.89. The third-order valence-electron chi connectivity index (χ3n) is 2.48. The van der Waals surface area contributed by atoms with Crippen LogP contribution >= 0.6 is 11.6 Å². The normalized spacial score (nSPS) is 10.5. The summed E-state index contributed by atoms with van der Waals surface area (Å²) in [4.78, 5) is 21.9. The second-order valence-electron chi connectivity index (χ2n) is 4.17. The molecule has 1 aromatic rings.